The summed E-state index contributed by atoms with van der Waals surface area (Å²) in [5, 5.41) is 0. The van der Waals surface area contributed by atoms with Crippen LogP contribution < -0.4 is 0 Å². The topological polar surface area (TPSA) is 31.4 Å². The third-order valence-corrected chi connectivity index (χ3v) is 7.34. The number of thiophene rings is 1. The van der Waals surface area contributed by atoms with E-state index in [0.29, 0.717) is 5.92 Å². The second kappa shape index (κ2) is 14.0. The van der Waals surface area contributed by atoms with Gasteiger partial charge in [0.1, 0.15) is 0 Å². The number of ether oxygens (including phenoxy) is 2. The van der Waals surface area contributed by atoms with E-state index in [1.807, 2.05) is 6.20 Å². The summed E-state index contributed by atoms with van der Waals surface area (Å²) in [6.45, 7) is 6.16. The first kappa shape index (κ1) is 24.4. The van der Waals surface area contributed by atoms with Crippen LogP contribution in [0.4, 0.5) is 0 Å². The molecule has 31 heavy (non-hydrogen) atoms. The maximum Gasteiger partial charge on any atom is 0.193 e. The molecule has 0 aromatic carbocycles. The Morgan fingerprint density at radius 1 is 0.839 bits per heavy atom. The van der Waals surface area contributed by atoms with E-state index in [0.717, 1.165) is 24.5 Å². The minimum absolute atomic E-state index is 0.203. The number of hydrogen-bond donors (Lipinski definition) is 0. The molecule has 2 aromatic heterocycles. The molecule has 172 valence electrons. The molecule has 0 spiro atoms. The summed E-state index contributed by atoms with van der Waals surface area (Å²) in [7, 11) is 0. The van der Waals surface area contributed by atoms with Gasteiger partial charge in [0.25, 0.3) is 0 Å². The van der Waals surface area contributed by atoms with Gasteiger partial charge in [0.2, 0.25) is 0 Å². The summed E-state index contributed by atoms with van der Waals surface area (Å²) in [6.07, 6.45) is 17.3. The third-order valence-electron chi connectivity index (χ3n) is 6.19. The highest BCUT2D eigenvalue weighted by molar-refractivity contribution is 7.15. The number of hydrogen-bond acceptors (Lipinski definition) is 4. The molecule has 0 atom stereocenters. The summed E-state index contributed by atoms with van der Waals surface area (Å²) < 4.78 is 12.1. The van der Waals surface area contributed by atoms with Crippen LogP contribution in [0.3, 0.4) is 0 Å². The standard InChI is InChI=1S/C27H41NO2S/c1-3-5-7-9-11-13-22-20-29-27(30-21-22)26-18-17-25(31-26)23-15-16-24(28-19-23)14-12-10-8-6-4-2/h15-19,22,27H,3-14,20-21H2,1-2H3. The zero-order chi connectivity index (χ0) is 21.7. The number of rotatable bonds is 14. The lowest BCUT2D eigenvalue weighted by atomic mass is 10.0. The molecule has 0 aliphatic carbocycles. The van der Waals surface area contributed by atoms with Crippen molar-refractivity contribution < 1.29 is 9.47 Å². The van der Waals surface area contributed by atoms with E-state index in [-0.39, 0.29) is 6.29 Å². The van der Waals surface area contributed by atoms with Gasteiger partial charge in [-0.2, -0.15) is 0 Å². The molecule has 2 aromatic rings. The minimum Gasteiger partial charge on any atom is -0.347 e. The van der Waals surface area contributed by atoms with Gasteiger partial charge in [-0.25, -0.2) is 0 Å². The highest BCUT2D eigenvalue weighted by atomic mass is 32.1. The van der Waals surface area contributed by atoms with Crippen molar-refractivity contribution in [2.24, 2.45) is 5.92 Å². The van der Waals surface area contributed by atoms with Gasteiger partial charge >= 0.3 is 0 Å². The number of pyridine rings is 1. The largest absolute Gasteiger partial charge is 0.347 e. The van der Waals surface area contributed by atoms with Crippen LogP contribution in [-0.2, 0) is 15.9 Å². The fourth-order valence-electron chi connectivity index (χ4n) is 4.17. The molecular formula is C27H41NO2S. The summed E-state index contributed by atoms with van der Waals surface area (Å²) >= 11 is 1.76. The molecule has 0 radical (unpaired) electrons. The molecule has 0 saturated carbocycles. The van der Waals surface area contributed by atoms with E-state index < -0.39 is 0 Å². The third kappa shape index (κ3) is 8.32. The van der Waals surface area contributed by atoms with Crippen molar-refractivity contribution in [2.75, 3.05) is 13.2 Å². The monoisotopic (exact) mass is 443 g/mol. The zero-order valence-corrected chi connectivity index (χ0v) is 20.4. The van der Waals surface area contributed by atoms with Crippen molar-refractivity contribution in [3.05, 3.63) is 41.0 Å². The van der Waals surface area contributed by atoms with Gasteiger partial charge < -0.3 is 9.47 Å². The molecule has 3 heterocycles. The number of nitrogens with zero attached hydrogens (tertiary/aromatic N) is 1. The average molecular weight is 444 g/mol. The average Bonchev–Trinajstić information content (AvgIpc) is 3.30. The molecule has 1 fully saturated rings. The van der Waals surface area contributed by atoms with Crippen LogP contribution in [-0.4, -0.2) is 18.2 Å². The molecule has 0 N–H and O–H groups in total. The lowest BCUT2D eigenvalue weighted by Crippen LogP contribution is -2.26. The maximum absolute atomic E-state index is 6.07. The SMILES string of the molecule is CCCCCCCc1ccc(-c2ccc(C3OCC(CCCCCCC)CO3)s2)cn1. The molecule has 1 saturated heterocycles. The first-order valence-electron chi connectivity index (χ1n) is 12.6. The summed E-state index contributed by atoms with van der Waals surface area (Å²) in [5.41, 5.74) is 2.39. The Bertz CT molecular complexity index is 719. The highest BCUT2D eigenvalue weighted by Crippen LogP contribution is 2.35. The second-order valence-corrected chi connectivity index (χ2v) is 10.1. The van der Waals surface area contributed by atoms with Crippen molar-refractivity contribution >= 4 is 11.3 Å². The predicted molar refractivity (Wildman–Crippen MR) is 132 cm³/mol. The summed E-state index contributed by atoms with van der Waals surface area (Å²) in [6, 6.07) is 8.72. The number of aryl methyl sites for hydroxylation is 1. The minimum atomic E-state index is -0.203. The fourth-order valence-corrected chi connectivity index (χ4v) is 5.17. The van der Waals surface area contributed by atoms with Crippen molar-refractivity contribution in [3.63, 3.8) is 0 Å². The van der Waals surface area contributed by atoms with Crippen LogP contribution in [0.25, 0.3) is 10.4 Å². The van der Waals surface area contributed by atoms with Crippen LogP contribution >= 0.6 is 11.3 Å². The van der Waals surface area contributed by atoms with Crippen LogP contribution in [0.1, 0.15) is 101 Å². The second-order valence-electron chi connectivity index (χ2n) is 8.97. The van der Waals surface area contributed by atoms with E-state index in [9.17, 15) is 0 Å². The normalized spacial score (nSPS) is 19.0. The van der Waals surface area contributed by atoms with Gasteiger partial charge in [0.15, 0.2) is 6.29 Å². The first-order chi connectivity index (χ1) is 15.3. The van der Waals surface area contributed by atoms with Gasteiger partial charge in [0.05, 0.1) is 18.1 Å². The molecule has 3 nitrogen and oxygen atoms in total. The van der Waals surface area contributed by atoms with E-state index in [2.05, 4.69) is 38.1 Å². The molecular weight excluding hydrogens is 402 g/mol. The molecule has 1 aliphatic heterocycles. The molecule has 0 bridgehead atoms. The number of unbranched alkanes of at least 4 members (excludes halogenated alkanes) is 8. The van der Waals surface area contributed by atoms with Gasteiger partial charge in [-0.15, -0.1) is 11.3 Å². The zero-order valence-electron chi connectivity index (χ0n) is 19.6. The Morgan fingerprint density at radius 3 is 2.23 bits per heavy atom. The fraction of sp³-hybridized carbons (Fsp3) is 0.667. The van der Waals surface area contributed by atoms with Crippen LogP contribution in [0.15, 0.2) is 30.5 Å². The molecule has 4 heteroatoms. The smallest absolute Gasteiger partial charge is 0.193 e. The predicted octanol–water partition coefficient (Wildman–Crippen LogP) is 8.35. The van der Waals surface area contributed by atoms with Gasteiger partial charge in [-0.3, -0.25) is 4.98 Å². The lowest BCUT2D eigenvalue weighted by molar-refractivity contribution is -0.204. The van der Waals surface area contributed by atoms with Crippen molar-refractivity contribution in [3.8, 4) is 10.4 Å². The molecule has 0 unspecified atom stereocenters. The quantitative estimate of drug-likeness (QED) is 0.275. The van der Waals surface area contributed by atoms with Crippen molar-refractivity contribution in [1.82, 2.24) is 4.98 Å². The van der Waals surface area contributed by atoms with Crippen LogP contribution in [0.5, 0.6) is 0 Å². The highest BCUT2D eigenvalue weighted by Gasteiger charge is 2.24. The Balaban J connectivity index is 1.41. The molecule has 0 amide bonds. The van der Waals surface area contributed by atoms with Gasteiger partial charge in [-0.1, -0.05) is 77.7 Å². The van der Waals surface area contributed by atoms with Crippen LogP contribution in [0, 0.1) is 5.92 Å². The van der Waals surface area contributed by atoms with Crippen molar-refractivity contribution in [1.29, 1.82) is 0 Å². The van der Waals surface area contributed by atoms with E-state index in [1.165, 1.54) is 86.8 Å². The molecule has 1 aliphatic rings. The maximum atomic E-state index is 6.07. The Labute approximate surface area is 193 Å². The van der Waals surface area contributed by atoms with Crippen molar-refractivity contribution in [2.45, 2.75) is 97.2 Å². The van der Waals surface area contributed by atoms with Crippen LogP contribution in [0.2, 0.25) is 0 Å². The Kier molecular flexibility index (Phi) is 11.0. The number of aromatic nitrogens is 1. The van der Waals surface area contributed by atoms with E-state index >= 15 is 0 Å². The van der Waals surface area contributed by atoms with Gasteiger partial charge in [0, 0.05) is 28.2 Å². The first-order valence-corrected chi connectivity index (χ1v) is 13.4. The lowest BCUT2D eigenvalue weighted by Gasteiger charge is -2.28. The Morgan fingerprint density at radius 2 is 1.55 bits per heavy atom. The Hall–Kier alpha value is -1.23. The van der Waals surface area contributed by atoms with Gasteiger partial charge in [-0.05, 0) is 37.5 Å². The van der Waals surface area contributed by atoms with E-state index in [1.54, 1.807) is 11.3 Å². The summed E-state index contributed by atoms with van der Waals surface area (Å²) in [5.74, 6) is 0.552. The van der Waals surface area contributed by atoms with E-state index in [4.69, 9.17) is 14.5 Å². The molecule has 3 rings (SSSR count). The summed E-state index contributed by atoms with van der Waals surface area (Å²) in [4.78, 5) is 7.10.